The van der Waals surface area contributed by atoms with Crippen molar-refractivity contribution in [2.45, 2.75) is 56.9 Å². The molecule has 0 spiro atoms. The predicted octanol–water partition coefficient (Wildman–Crippen LogP) is 3.54. The van der Waals surface area contributed by atoms with Crippen LogP contribution >= 0.6 is 12.4 Å². The van der Waals surface area contributed by atoms with Crippen LogP contribution in [0.2, 0.25) is 0 Å². The Kier molecular flexibility index (Phi) is 5.90. The fourth-order valence-electron chi connectivity index (χ4n) is 6.40. The third-order valence-electron chi connectivity index (χ3n) is 7.92. The molecule has 2 amide bonds. The molecular formula is C23H32ClN3O2. The van der Waals surface area contributed by atoms with Crippen molar-refractivity contribution in [3.8, 4) is 0 Å². The van der Waals surface area contributed by atoms with Crippen LogP contribution in [-0.4, -0.2) is 35.8 Å². The second-order valence-electron chi connectivity index (χ2n) is 9.41. The molecule has 158 valence electrons. The summed E-state index contributed by atoms with van der Waals surface area (Å²) in [5.41, 5.74) is 8.49. The number of carbonyl (C=O) groups excluding carboxylic acids is 2. The number of hydrogen-bond donors (Lipinski definition) is 2. The molecule has 2 bridgehead atoms. The first-order chi connectivity index (χ1) is 13.6. The lowest BCUT2D eigenvalue weighted by Gasteiger charge is -2.45. The summed E-state index contributed by atoms with van der Waals surface area (Å²) in [6.45, 7) is 1.57. The average molecular weight is 418 g/mol. The molecule has 2 aliphatic heterocycles. The van der Waals surface area contributed by atoms with Crippen LogP contribution in [0.1, 0.15) is 56.4 Å². The molecule has 0 radical (unpaired) electrons. The molecule has 29 heavy (non-hydrogen) atoms. The molecule has 3 unspecified atom stereocenters. The van der Waals surface area contributed by atoms with Gasteiger partial charge in [-0.25, -0.2) is 0 Å². The number of piperidine rings is 1. The van der Waals surface area contributed by atoms with Crippen molar-refractivity contribution in [2.75, 3.05) is 18.4 Å². The van der Waals surface area contributed by atoms with Crippen molar-refractivity contribution in [3.63, 3.8) is 0 Å². The Morgan fingerprint density at radius 2 is 1.66 bits per heavy atom. The quantitative estimate of drug-likeness (QED) is 0.772. The first-order valence-corrected chi connectivity index (χ1v) is 11.1. The van der Waals surface area contributed by atoms with Gasteiger partial charge in [0.05, 0.1) is 5.92 Å². The van der Waals surface area contributed by atoms with Crippen LogP contribution in [-0.2, 0) is 9.59 Å². The first kappa shape index (κ1) is 20.7. The maximum absolute atomic E-state index is 13.2. The van der Waals surface area contributed by atoms with Gasteiger partial charge in [-0.2, -0.15) is 0 Å². The van der Waals surface area contributed by atoms with Crippen LogP contribution in [0.25, 0.3) is 0 Å². The lowest BCUT2D eigenvalue weighted by Crippen LogP contribution is -2.51. The van der Waals surface area contributed by atoms with E-state index < -0.39 is 0 Å². The standard InChI is InChI=1S/C23H31N3O2.ClH/c24-21-15-4-3-5-16(21)13-17(12-15)23(28)26-10-8-14(9-11-26)20-18-6-1-2-7-19(18)25-22(20)27;/h1-2,6-7,14-17,20-21H,3-5,8-13,24H2,(H,25,27);1H. The highest BCUT2D eigenvalue weighted by molar-refractivity contribution is 6.03. The molecule has 3 fully saturated rings. The third-order valence-corrected chi connectivity index (χ3v) is 7.92. The molecule has 5 rings (SSSR count). The van der Waals surface area contributed by atoms with E-state index in [0.717, 1.165) is 50.0 Å². The molecule has 1 saturated heterocycles. The molecule has 3 atom stereocenters. The molecule has 1 aromatic rings. The molecule has 3 N–H and O–H groups in total. The smallest absolute Gasteiger partial charge is 0.232 e. The van der Waals surface area contributed by atoms with Gasteiger partial charge in [-0.3, -0.25) is 9.59 Å². The van der Waals surface area contributed by atoms with Crippen molar-refractivity contribution in [1.82, 2.24) is 4.90 Å². The summed E-state index contributed by atoms with van der Waals surface area (Å²) in [6.07, 6.45) is 7.46. The van der Waals surface area contributed by atoms with Crippen molar-refractivity contribution < 1.29 is 9.59 Å². The minimum absolute atomic E-state index is 0. The molecule has 0 aromatic heterocycles. The summed E-state index contributed by atoms with van der Waals surface area (Å²) in [5.74, 6) is 1.99. The number of amides is 2. The number of rotatable bonds is 2. The number of nitrogens with one attached hydrogen (secondary N) is 1. The Balaban J connectivity index is 0.00000205. The van der Waals surface area contributed by atoms with Gasteiger partial charge in [0.15, 0.2) is 0 Å². The number of para-hydroxylation sites is 1. The number of hydrogen-bond acceptors (Lipinski definition) is 3. The van der Waals surface area contributed by atoms with Crippen LogP contribution in [0, 0.1) is 23.7 Å². The normalized spacial score (nSPS) is 34.2. The number of fused-ring (bicyclic) bond motifs is 3. The van der Waals surface area contributed by atoms with Crippen molar-refractivity contribution in [2.24, 2.45) is 29.4 Å². The van der Waals surface area contributed by atoms with Gasteiger partial charge in [-0.05, 0) is 67.9 Å². The van der Waals surface area contributed by atoms with E-state index in [-0.39, 0.29) is 30.2 Å². The predicted molar refractivity (Wildman–Crippen MR) is 116 cm³/mol. The second-order valence-corrected chi connectivity index (χ2v) is 9.41. The Bertz CT molecular complexity index is 763. The number of carbonyl (C=O) groups is 2. The molecule has 6 heteroatoms. The maximum Gasteiger partial charge on any atom is 0.232 e. The largest absolute Gasteiger partial charge is 0.342 e. The van der Waals surface area contributed by atoms with E-state index in [1.54, 1.807) is 0 Å². The van der Waals surface area contributed by atoms with Gasteiger partial charge in [0.25, 0.3) is 0 Å². The van der Waals surface area contributed by atoms with Crippen molar-refractivity contribution in [1.29, 1.82) is 0 Å². The van der Waals surface area contributed by atoms with Crippen LogP contribution in [0.5, 0.6) is 0 Å². The van der Waals surface area contributed by atoms with Gasteiger partial charge in [0, 0.05) is 30.7 Å². The lowest BCUT2D eigenvalue weighted by atomic mass is 9.65. The highest BCUT2D eigenvalue weighted by Crippen LogP contribution is 2.44. The Morgan fingerprint density at radius 1 is 1.00 bits per heavy atom. The molecule has 2 saturated carbocycles. The third kappa shape index (κ3) is 3.68. The fourth-order valence-corrected chi connectivity index (χ4v) is 6.40. The highest BCUT2D eigenvalue weighted by atomic mass is 35.5. The molecule has 2 heterocycles. The number of likely N-dealkylation sites (tertiary alicyclic amines) is 1. The summed E-state index contributed by atoms with van der Waals surface area (Å²) < 4.78 is 0. The van der Waals surface area contributed by atoms with E-state index in [1.165, 1.54) is 19.3 Å². The van der Waals surface area contributed by atoms with Crippen molar-refractivity contribution >= 4 is 29.9 Å². The lowest BCUT2D eigenvalue weighted by molar-refractivity contribution is -0.140. The summed E-state index contributed by atoms with van der Waals surface area (Å²) in [6, 6.07) is 8.34. The van der Waals surface area contributed by atoms with Crippen LogP contribution in [0.3, 0.4) is 0 Å². The first-order valence-electron chi connectivity index (χ1n) is 11.1. The molecular weight excluding hydrogens is 386 g/mol. The van der Waals surface area contributed by atoms with E-state index in [9.17, 15) is 9.59 Å². The summed E-state index contributed by atoms with van der Waals surface area (Å²) in [5, 5.41) is 3.03. The monoisotopic (exact) mass is 417 g/mol. The van der Waals surface area contributed by atoms with E-state index in [0.29, 0.717) is 29.7 Å². The van der Waals surface area contributed by atoms with Gasteiger partial charge >= 0.3 is 0 Å². The van der Waals surface area contributed by atoms with Gasteiger partial charge in [0.1, 0.15) is 0 Å². The number of halogens is 1. The number of anilines is 1. The second kappa shape index (κ2) is 8.27. The van der Waals surface area contributed by atoms with Crippen LogP contribution in [0.4, 0.5) is 5.69 Å². The maximum atomic E-state index is 13.2. The summed E-state index contributed by atoms with van der Waals surface area (Å²) in [4.78, 5) is 27.8. The molecule has 1 aromatic carbocycles. The SMILES string of the molecule is Cl.NC1C2CCCC1CC(C(=O)N1CCC(C3C(=O)Nc4ccccc43)CC1)C2. The Labute approximate surface area is 179 Å². The zero-order valence-electron chi connectivity index (χ0n) is 16.9. The van der Waals surface area contributed by atoms with Crippen LogP contribution in [0.15, 0.2) is 24.3 Å². The van der Waals surface area contributed by atoms with Gasteiger partial charge in [0.2, 0.25) is 11.8 Å². The average Bonchev–Trinajstić information content (AvgIpc) is 3.03. The van der Waals surface area contributed by atoms with Gasteiger partial charge < -0.3 is 16.0 Å². The van der Waals surface area contributed by atoms with Gasteiger partial charge in [-0.1, -0.05) is 24.6 Å². The zero-order valence-corrected chi connectivity index (χ0v) is 17.7. The van der Waals surface area contributed by atoms with Crippen molar-refractivity contribution in [3.05, 3.63) is 29.8 Å². The minimum atomic E-state index is -0.0551. The fraction of sp³-hybridized carbons (Fsp3) is 0.652. The number of benzene rings is 1. The molecule has 4 aliphatic rings. The van der Waals surface area contributed by atoms with E-state index in [4.69, 9.17) is 5.73 Å². The Morgan fingerprint density at radius 3 is 2.34 bits per heavy atom. The summed E-state index contributed by atoms with van der Waals surface area (Å²) in [7, 11) is 0. The Hall–Kier alpha value is -1.59. The summed E-state index contributed by atoms with van der Waals surface area (Å²) >= 11 is 0. The number of nitrogens with zero attached hydrogens (tertiary/aromatic N) is 1. The minimum Gasteiger partial charge on any atom is -0.342 e. The zero-order chi connectivity index (χ0) is 19.3. The van der Waals surface area contributed by atoms with E-state index >= 15 is 0 Å². The van der Waals surface area contributed by atoms with Crippen LogP contribution < -0.4 is 11.1 Å². The highest BCUT2D eigenvalue weighted by Gasteiger charge is 2.43. The molecule has 5 nitrogen and oxygen atoms in total. The topological polar surface area (TPSA) is 75.4 Å². The molecule has 2 aliphatic carbocycles. The van der Waals surface area contributed by atoms with E-state index in [2.05, 4.69) is 16.3 Å². The number of nitrogens with two attached hydrogens (primary N) is 1. The van der Waals surface area contributed by atoms with E-state index in [1.807, 2.05) is 18.2 Å². The van der Waals surface area contributed by atoms with Gasteiger partial charge in [-0.15, -0.1) is 12.4 Å².